The number of aromatic amines is 1. The van der Waals surface area contributed by atoms with Crippen LogP contribution in [-0.4, -0.2) is 55.0 Å². The van der Waals surface area contributed by atoms with Crippen LogP contribution in [-0.2, 0) is 14.3 Å². The maximum atomic E-state index is 11.7. The highest BCUT2D eigenvalue weighted by atomic mass is 79.9. The molecule has 0 saturated carbocycles. The van der Waals surface area contributed by atoms with E-state index >= 15 is 0 Å². The quantitative estimate of drug-likeness (QED) is 0.436. The van der Waals surface area contributed by atoms with Crippen molar-refractivity contribution in [3.63, 3.8) is 0 Å². The Hall–Kier alpha value is -1.49. The van der Waals surface area contributed by atoms with Gasteiger partial charge in [-0.1, -0.05) is 15.9 Å². The summed E-state index contributed by atoms with van der Waals surface area (Å²) >= 11 is 3.14. The summed E-state index contributed by atoms with van der Waals surface area (Å²) in [6.07, 6.45) is -3.83. The van der Waals surface area contributed by atoms with Crippen molar-refractivity contribution in [2.45, 2.75) is 42.7 Å². The van der Waals surface area contributed by atoms with Gasteiger partial charge in [-0.15, -0.1) is 0 Å². The molecule has 4 atom stereocenters. The van der Waals surface area contributed by atoms with Gasteiger partial charge in [0.05, 0.1) is 0 Å². The van der Waals surface area contributed by atoms with Gasteiger partial charge in [-0.05, 0) is 13.8 Å². The molecule has 0 bridgehead atoms. The van der Waals surface area contributed by atoms with Gasteiger partial charge in [-0.2, -0.15) is 0 Å². The Balaban J connectivity index is 2.11. The van der Waals surface area contributed by atoms with Crippen LogP contribution < -0.4 is 11.2 Å². The van der Waals surface area contributed by atoms with Crippen LogP contribution in [0.3, 0.4) is 0 Å². The first-order valence-electron chi connectivity index (χ1n) is 6.80. The van der Waals surface area contributed by atoms with Gasteiger partial charge >= 0.3 is 11.7 Å². The van der Waals surface area contributed by atoms with Crippen LogP contribution in [0.15, 0.2) is 21.9 Å². The Morgan fingerprint density at radius 2 is 2.09 bits per heavy atom. The number of H-pyrrole nitrogens is 1. The third-order valence-corrected chi connectivity index (χ3v) is 3.65. The van der Waals surface area contributed by atoms with Crippen LogP contribution in [0.5, 0.6) is 0 Å². The molecule has 1 saturated heterocycles. The average molecular weight is 393 g/mol. The van der Waals surface area contributed by atoms with E-state index in [0.717, 1.165) is 16.8 Å². The number of alkyl halides is 1. The third-order valence-electron chi connectivity index (χ3n) is 3.33. The Morgan fingerprint density at radius 1 is 1.43 bits per heavy atom. The van der Waals surface area contributed by atoms with Gasteiger partial charge in [-0.25, -0.2) is 4.79 Å². The van der Waals surface area contributed by atoms with Gasteiger partial charge < -0.3 is 19.7 Å². The van der Waals surface area contributed by atoms with Gasteiger partial charge in [0.15, 0.2) is 6.23 Å². The minimum atomic E-state index is -1.42. The number of halogens is 1. The second-order valence-corrected chi connectivity index (χ2v) is 7.62. The number of nitrogens with one attached hydrogen (secondary N) is 1. The molecule has 0 spiro atoms. The summed E-state index contributed by atoms with van der Waals surface area (Å²) in [4.78, 5) is 36.5. The first-order valence-corrected chi connectivity index (χ1v) is 7.60. The Bertz CT molecular complexity index is 693. The standard InChI is InChI=1S/C13H17BrN2O7/c1-13(2,14)11(20)22-5-6-8(18)9(19)10(23-6)16-4-3-7(17)15-12(16)21/h3-4,6,8-10,18-19H,5H2,1-2H3,(H,15,17,21)/t6-,8-,9-,10-/m1/s1. The summed E-state index contributed by atoms with van der Waals surface area (Å²) in [7, 11) is 0. The van der Waals surface area contributed by atoms with Crippen molar-refractivity contribution >= 4 is 21.9 Å². The molecule has 1 aromatic rings. The minimum Gasteiger partial charge on any atom is -0.462 e. The molecule has 0 aromatic carbocycles. The van der Waals surface area contributed by atoms with Crippen molar-refractivity contribution in [2.75, 3.05) is 6.61 Å². The zero-order valence-corrected chi connectivity index (χ0v) is 14.0. The van der Waals surface area contributed by atoms with Crippen LogP contribution in [0.25, 0.3) is 0 Å². The van der Waals surface area contributed by atoms with Gasteiger partial charge in [0.1, 0.15) is 29.2 Å². The van der Waals surface area contributed by atoms with Gasteiger partial charge in [0.25, 0.3) is 5.56 Å². The molecule has 9 nitrogen and oxygen atoms in total. The van der Waals surface area contributed by atoms with E-state index in [2.05, 4.69) is 15.9 Å². The van der Waals surface area contributed by atoms with Crippen molar-refractivity contribution < 1.29 is 24.5 Å². The molecule has 1 fully saturated rings. The highest BCUT2D eigenvalue weighted by Crippen LogP contribution is 2.29. The molecule has 0 aliphatic carbocycles. The molecule has 1 aromatic heterocycles. The lowest BCUT2D eigenvalue weighted by Crippen LogP contribution is -2.38. The van der Waals surface area contributed by atoms with Crippen LogP contribution in [0.4, 0.5) is 0 Å². The Kier molecular flexibility index (Phi) is 5.09. The van der Waals surface area contributed by atoms with E-state index in [4.69, 9.17) is 9.47 Å². The number of carbonyl (C=O) groups excluding carboxylic acids is 1. The maximum absolute atomic E-state index is 11.7. The molecule has 1 aliphatic rings. The molecular formula is C13H17BrN2O7. The monoisotopic (exact) mass is 392 g/mol. The number of aromatic nitrogens is 2. The topological polar surface area (TPSA) is 131 Å². The Morgan fingerprint density at radius 3 is 2.65 bits per heavy atom. The zero-order valence-electron chi connectivity index (χ0n) is 12.4. The fourth-order valence-corrected chi connectivity index (χ4v) is 2.17. The molecule has 2 heterocycles. The molecule has 0 unspecified atom stereocenters. The lowest BCUT2D eigenvalue weighted by molar-refractivity contribution is -0.151. The number of hydrogen-bond donors (Lipinski definition) is 3. The van der Waals surface area contributed by atoms with Crippen LogP contribution >= 0.6 is 15.9 Å². The number of esters is 1. The van der Waals surface area contributed by atoms with E-state index in [9.17, 15) is 24.6 Å². The number of aliphatic hydroxyl groups excluding tert-OH is 2. The second kappa shape index (κ2) is 6.56. The second-order valence-electron chi connectivity index (χ2n) is 5.63. The van der Waals surface area contributed by atoms with Crippen LogP contribution in [0, 0.1) is 0 Å². The Labute approximate surface area is 139 Å². The van der Waals surface area contributed by atoms with Crippen molar-refractivity contribution in [1.82, 2.24) is 9.55 Å². The molecule has 3 N–H and O–H groups in total. The minimum absolute atomic E-state index is 0.291. The van der Waals surface area contributed by atoms with Crippen molar-refractivity contribution in [3.05, 3.63) is 33.1 Å². The lowest BCUT2D eigenvalue weighted by atomic mass is 10.1. The number of carbonyl (C=O) groups is 1. The number of rotatable bonds is 4. The average Bonchev–Trinajstić information content (AvgIpc) is 2.72. The summed E-state index contributed by atoms with van der Waals surface area (Å²) in [5, 5.41) is 20.0. The fraction of sp³-hybridized carbons (Fsp3) is 0.615. The van der Waals surface area contributed by atoms with E-state index in [0.29, 0.717) is 0 Å². The molecule has 23 heavy (non-hydrogen) atoms. The van der Waals surface area contributed by atoms with E-state index in [-0.39, 0.29) is 6.61 Å². The first kappa shape index (κ1) is 17.9. The molecule has 2 rings (SSSR count). The molecule has 128 valence electrons. The molecule has 1 aliphatic heterocycles. The summed E-state index contributed by atoms with van der Waals surface area (Å²) in [5.41, 5.74) is -1.38. The predicted octanol–water partition coefficient (Wildman–Crippen LogP) is -1.13. The molecule has 10 heteroatoms. The van der Waals surface area contributed by atoms with Crippen molar-refractivity contribution in [2.24, 2.45) is 0 Å². The molecule has 0 radical (unpaired) electrons. The van der Waals surface area contributed by atoms with Crippen molar-refractivity contribution in [3.8, 4) is 0 Å². The number of hydrogen-bond acceptors (Lipinski definition) is 7. The maximum Gasteiger partial charge on any atom is 0.330 e. The highest BCUT2D eigenvalue weighted by Gasteiger charge is 2.45. The molecular weight excluding hydrogens is 376 g/mol. The largest absolute Gasteiger partial charge is 0.462 e. The summed E-state index contributed by atoms with van der Waals surface area (Å²) in [5.74, 6) is -0.563. The lowest BCUT2D eigenvalue weighted by Gasteiger charge is -2.19. The van der Waals surface area contributed by atoms with Crippen molar-refractivity contribution in [1.29, 1.82) is 0 Å². The summed E-state index contributed by atoms with van der Waals surface area (Å²) in [6, 6.07) is 1.09. The van der Waals surface area contributed by atoms with E-state index in [1.807, 2.05) is 4.98 Å². The van der Waals surface area contributed by atoms with E-state index < -0.39 is 46.1 Å². The van der Waals surface area contributed by atoms with Gasteiger partial charge in [-0.3, -0.25) is 19.1 Å². The smallest absolute Gasteiger partial charge is 0.330 e. The van der Waals surface area contributed by atoms with E-state index in [1.54, 1.807) is 13.8 Å². The SMILES string of the molecule is CC(C)(Br)C(=O)OC[C@H]1O[C@@H](n2ccc(=O)[nH]c2=O)[C@H](O)[C@@H]1O. The van der Waals surface area contributed by atoms with E-state index in [1.165, 1.54) is 0 Å². The fourth-order valence-electron chi connectivity index (χ4n) is 2.05. The normalized spacial score (nSPS) is 27.9. The zero-order chi connectivity index (χ0) is 17.4. The number of ether oxygens (including phenoxy) is 2. The van der Waals surface area contributed by atoms with Crippen LogP contribution in [0.1, 0.15) is 20.1 Å². The summed E-state index contributed by atoms with van der Waals surface area (Å²) < 4.78 is 10.5. The van der Waals surface area contributed by atoms with Crippen LogP contribution in [0.2, 0.25) is 0 Å². The highest BCUT2D eigenvalue weighted by molar-refractivity contribution is 9.10. The van der Waals surface area contributed by atoms with Gasteiger partial charge in [0.2, 0.25) is 0 Å². The predicted molar refractivity (Wildman–Crippen MR) is 81.2 cm³/mol. The van der Waals surface area contributed by atoms with Gasteiger partial charge in [0, 0.05) is 12.3 Å². The third kappa shape index (κ3) is 3.89. The molecule has 0 amide bonds. The number of nitrogens with zero attached hydrogens (tertiary/aromatic N) is 1. The first-order chi connectivity index (χ1) is 10.6. The number of aliphatic hydroxyl groups is 2. The summed E-state index contributed by atoms with van der Waals surface area (Å²) in [6.45, 7) is 2.90.